The van der Waals surface area contributed by atoms with E-state index < -0.39 is 0 Å². The standard InChI is InChI=1S/C13H18N4O2/c14-12(16-19)9-2-1-5-15-13(9)17-6-8-3-4-11(18)10(8)7-17/h1-2,5,8,10-11,18-19H,3-4,6-7H2,(H2,14,16). The number of aliphatic hydroxyl groups excluding tert-OH is 1. The van der Waals surface area contributed by atoms with Gasteiger partial charge in [0.1, 0.15) is 5.82 Å². The van der Waals surface area contributed by atoms with Crippen molar-refractivity contribution in [2.45, 2.75) is 18.9 Å². The molecule has 2 heterocycles. The molecule has 0 amide bonds. The number of oxime groups is 1. The van der Waals surface area contributed by atoms with Gasteiger partial charge in [-0.05, 0) is 30.9 Å². The molecule has 1 aliphatic carbocycles. The van der Waals surface area contributed by atoms with Gasteiger partial charge in [-0.2, -0.15) is 0 Å². The number of rotatable bonds is 2. The van der Waals surface area contributed by atoms with Gasteiger partial charge in [0.05, 0.1) is 11.7 Å². The first-order valence-electron chi connectivity index (χ1n) is 6.56. The smallest absolute Gasteiger partial charge is 0.173 e. The van der Waals surface area contributed by atoms with Crippen LogP contribution in [0.25, 0.3) is 0 Å². The topological polar surface area (TPSA) is 95.0 Å². The SMILES string of the molecule is N/C(=N/O)c1cccnc1N1CC2CCC(O)C2C1. The number of fused-ring (bicyclic) bond motifs is 1. The average molecular weight is 262 g/mol. The maximum absolute atomic E-state index is 9.95. The van der Waals surface area contributed by atoms with E-state index in [9.17, 15) is 5.11 Å². The number of hydrogen-bond donors (Lipinski definition) is 3. The summed E-state index contributed by atoms with van der Waals surface area (Å²) in [5.74, 6) is 1.65. The highest BCUT2D eigenvalue weighted by atomic mass is 16.4. The Morgan fingerprint density at radius 2 is 2.26 bits per heavy atom. The van der Waals surface area contributed by atoms with Gasteiger partial charge in [-0.25, -0.2) is 4.98 Å². The highest BCUT2D eigenvalue weighted by Gasteiger charge is 2.42. The van der Waals surface area contributed by atoms with Crippen molar-refractivity contribution >= 4 is 11.7 Å². The van der Waals surface area contributed by atoms with Crippen LogP contribution in [0.1, 0.15) is 18.4 Å². The van der Waals surface area contributed by atoms with Crippen molar-refractivity contribution in [3.05, 3.63) is 23.9 Å². The molecule has 1 saturated heterocycles. The first-order chi connectivity index (χ1) is 9.20. The largest absolute Gasteiger partial charge is 0.409 e. The van der Waals surface area contributed by atoms with Crippen LogP contribution in [0.3, 0.4) is 0 Å². The van der Waals surface area contributed by atoms with Crippen molar-refractivity contribution in [3.8, 4) is 0 Å². The number of amidine groups is 1. The summed E-state index contributed by atoms with van der Waals surface area (Å²) in [6, 6.07) is 3.56. The van der Waals surface area contributed by atoms with Gasteiger partial charge in [-0.3, -0.25) is 0 Å². The summed E-state index contributed by atoms with van der Waals surface area (Å²) in [6.45, 7) is 1.67. The third-order valence-electron chi connectivity index (χ3n) is 4.29. The first-order valence-corrected chi connectivity index (χ1v) is 6.56. The Bertz CT molecular complexity index is 505. The summed E-state index contributed by atoms with van der Waals surface area (Å²) >= 11 is 0. The molecule has 19 heavy (non-hydrogen) atoms. The molecule has 1 saturated carbocycles. The minimum absolute atomic E-state index is 0.0701. The lowest BCUT2D eigenvalue weighted by molar-refractivity contribution is 0.133. The van der Waals surface area contributed by atoms with Crippen molar-refractivity contribution in [3.63, 3.8) is 0 Å². The molecule has 3 atom stereocenters. The molecule has 6 nitrogen and oxygen atoms in total. The lowest BCUT2D eigenvalue weighted by Crippen LogP contribution is -2.28. The fourth-order valence-electron chi connectivity index (χ4n) is 3.31. The zero-order valence-corrected chi connectivity index (χ0v) is 10.6. The fraction of sp³-hybridized carbons (Fsp3) is 0.538. The molecule has 2 fully saturated rings. The second-order valence-corrected chi connectivity index (χ2v) is 5.33. The van der Waals surface area contributed by atoms with Gasteiger partial charge in [0.25, 0.3) is 0 Å². The Morgan fingerprint density at radius 3 is 3.00 bits per heavy atom. The van der Waals surface area contributed by atoms with Crippen LogP contribution in [0, 0.1) is 11.8 Å². The molecular weight excluding hydrogens is 244 g/mol. The van der Waals surface area contributed by atoms with Gasteiger partial charge < -0.3 is 20.9 Å². The van der Waals surface area contributed by atoms with E-state index in [1.54, 1.807) is 18.3 Å². The molecule has 0 bridgehead atoms. The summed E-state index contributed by atoms with van der Waals surface area (Å²) in [4.78, 5) is 6.48. The van der Waals surface area contributed by atoms with Crippen molar-refractivity contribution in [2.24, 2.45) is 22.7 Å². The van der Waals surface area contributed by atoms with E-state index in [2.05, 4.69) is 15.0 Å². The second-order valence-electron chi connectivity index (χ2n) is 5.33. The normalized spacial score (nSPS) is 30.7. The van der Waals surface area contributed by atoms with Gasteiger partial charge in [-0.1, -0.05) is 5.16 Å². The zero-order chi connectivity index (χ0) is 13.4. The average Bonchev–Trinajstić information content (AvgIpc) is 3.00. The highest BCUT2D eigenvalue weighted by Crippen LogP contribution is 2.39. The van der Waals surface area contributed by atoms with Crippen LogP contribution in [0.5, 0.6) is 0 Å². The van der Waals surface area contributed by atoms with Crippen molar-refractivity contribution in [1.29, 1.82) is 0 Å². The fourth-order valence-corrected chi connectivity index (χ4v) is 3.31. The molecule has 3 rings (SSSR count). The molecule has 0 spiro atoms. The van der Waals surface area contributed by atoms with E-state index in [4.69, 9.17) is 10.9 Å². The van der Waals surface area contributed by atoms with Crippen LogP contribution < -0.4 is 10.6 Å². The maximum Gasteiger partial charge on any atom is 0.173 e. The first kappa shape index (κ1) is 12.2. The second kappa shape index (κ2) is 4.70. The number of pyridine rings is 1. The van der Waals surface area contributed by atoms with Crippen LogP contribution in [-0.4, -0.2) is 40.3 Å². The number of anilines is 1. The van der Waals surface area contributed by atoms with Gasteiger partial charge in [0.15, 0.2) is 5.84 Å². The monoisotopic (exact) mass is 262 g/mol. The Balaban J connectivity index is 1.88. The van der Waals surface area contributed by atoms with Crippen LogP contribution >= 0.6 is 0 Å². The van der Waals surface area contributed by atoms with E-state index in [1.165, 1.54) is 0 Å². The highest BCUT2D eigenvalue weighted by molar-refractivity contribution is 6.01. The molecule has 1 aliphatic heterocycles. The van der Waals surface area contributed by atoms with Gasteiger partial charge >= 0.3 is 0 Å². The molecular formula is C13H18N4O2. The van der Waals surface area contributed by atoms with E-state index >= 15 is 0 Å². The molecule has 4 N–H and O–H groups in total. The lowest BCUT2D eigenvalue weighted by atomic mass is 10.00. The predicted molar refractivity (Wildman–Crippen MR) is 71.2 cm³/mol. The van der Waals surface area contributed by atoms with Crippen LogP contribution in [0.4, 0.5) is 5.82 Å². The van der Waals surface area contributed by atoms with E-state index in [1.807, 2.05) is 0 Å². The van der Waals surface area contributed by atoms with Gasteiger partial charge in [0, 0.05) is 25.2 Å². The van der Waals surface area contributed by atoms with E-state index in [0.717, 1.165) is 31.7 Å². The van der Waals surface area contributed by atoms with Gasteiger partial charge in [-0.15, -0.1) is 0 Å². The molecule has 1 aromatic heterocycles. The minimum atomic E-state index is -0.203. The summed E-state index contributed by atoms with van der Waals surface area (Å²) in [7, 11) is 0. The Morgan fingerprint density at radius 1 is 1.42 bits per heavy atom. The number of hydrogen-bond acceptors (Lipinski definition) is 5. The van der Waals surface area contributed by atoms with E-state index in [0.29, 0.717) is 17.4 Å². The molecule has 6 heteroatoms. The summed E-state index contributed by atoms with van der Waals surface area (Å²) in [5, 5.41) is 21.8. The van der Waals surface area contributed by atoms with Crippen LogP contribution in [0.15, 0.2) is 23.5 Å². The lowest BCUT2D eigenvalue weighted by Gasteiger charge is -2.21. The van der Waals surface area contributed by atoms with Crippen molar-refractivity contribution < 1.29 is 10.3 Å². The van der Waals surface area contributed by atoms with Crippen LogP contribution in [-0.2, 0) is 0 Å². The van der Waals surface area contributed by atoms with Crippen molar-refractivity contribution in [1.82, 2.24) is 4.98 Å². The van der Waals surface area contributed by atoms with Crippen LogP contribution in [0.2, 0.25) is 0 Å². The number of aromatic nitrogens is 1. The molecule has 102 valence electrons. The summed E-state index contributed by atoms with van der Waals surface area (Å²) < 4.78 is 0. The van der Waals surface area contributed by atoms with Crippen molar-refractivity contribution in [2.75, 3.05) is 18.0 Å². The molecule has 1 aromatic rings. The third-order valence-corrected chi connectivity index (χ3v) is 4.29. The molecule has 2 aliphatic rings. The molecule has 0 aromatic carbocycles. The molecule has 0 radical (unpaired) electrons. The Hall–Kier alpha value is -1.82. The third kappa shape index (κ3) is 2.02. The van der Waals surface area contributed by atoms with E-state index in [-0.39, 0.29) is 11.9 Å². The summed E-state index contributed by atoms with van der Waals surface area (Å²) in [6.07, 6.45) is 3.46. The predicted octanol–water partition coefficient (Wildman–Crippen LogP) is 0.383. The number of aliphatic hydroxyl groups is 1. The number of nitrogens with two attached hydrogens (primary N) is 1. The Kier molecular flexibility index (Phi) is 3.02. The maximum atomic E-state index is 9.95. The van der Waals surface area contributed by atoms with Gasteiger partial charge in [0.2, 0.25) is 0 Å². The summed E-state index contributed by atoms with van der Waals surface area (Å²) in [5.41, 5.74) is 6.33. The number of nitrogens with zero attached hydrogens (tertiary/aromatic N) is 3. The Labute approximate surface area is 111 Å². The quantitative estimate of drug-likeness (QED) is 0.310. The zero-order valence-electron chi connectivity index (χ0n) is 10.6. The minimum Gasteiger partial charge on any atom is -0.409 e. The molecule has 3 unspecified atom stereocenters.